The Hall–Kier alpha value is -0.380. The van der Waals surface area contributed by atoms with Crippen molar-refractivity contribution in [3.8, 4) is 0 Å². The molecule has 0 aliphatic rings. The third-order valence-electron chi connectivity index (χ3n) is 2.29. The van der Waals surface area contributed by atoms with E-state index in [0.29, 0.717) is 0 Å². The second-order valence-corrected chi connectivity index (χ2v) is 5.89. The predicted octanol–water partition coefficient (Wildman–Crippen LogP) is 1.42. The first-order valence-corrected chi connectivity index (χ1v) is 5.95. The molecule has 0 radical (unpaired) electrons. The van der Waals surface area contributed by atoms with Gasteiger partial charge < -0.3 is 15.1 Å². The van der Waals surface area contributed by atoms with Crippen LogP contribution in [0.4, 0.5) is 0 Å². The highest BCUT2D eigenvalue weighted by Gasteiger charge is 2.09. The molecule has 0 aromatic rings. The molecule has 0 aromatic carbocycles. The molecule has 0 atom stereocenters. The van der Waals surface area contributed by atoms with E-state index in [1.807, 2.05) is 0 Å². The molecule has 1 N–H and O–H groups in total. The summed E-state index contributed by atoms with van der Waals surface area (Å²) < 4.78 is 0. The summed E-state index contributed by atoms with van der Waals surface area (Å²) in [5.41, 5.74) is 1.42. The maximum atomic E-state index is 4.11. The topological polar surface area (TPSA) is 18.5 Å². The first kappa shape index (κ1) is 15.6. The van der Waals surface area contributed by atoms with Crippen molar-refractivity contribution < 1.29 is 0 Å². The summed E-state index contributed by atoms with van der Waals surface area (Å²) in [5, 5.41) is 3.46. The van der Waals surface area contributed by atoms with Crippen molar-refractivity contribution >= 4 is 0 Å². The molecule has 0 aromatic heterocycles. The predicted molar refractivity (Wildman–Crippen MR) is 72.9 cm³/mol. The van der Waals surface area contributed by atoms with Gasteiger partial charge in [-0.2, -0.15) is 0 Å². The summed E-state index contributed by atoms with van der Waals surface area (Å²) in [4.78, 5) is 4.51. The molecule has 0 amide bonds. The molecule has 0 bridgehead atoms. The van der Waals surface area contributed by atoms with Crippen molar-refractivity contribution in [3.05, 3.63) is 12.2 Å². The summed E-state index contributed by atoms with van der Waals surface area (Å²) in [6.45, 7) is 14.7. The van der Waals surface area contributed by atoms with Gasteiger partial charge in [-0.3, -0.25) is 0 Å². The van der Waals surface area contributed by atoms with Crippen LogP contribution in [0.3, 0.4) is 0 Å². The van der Waals surface area contributed by atoms with E-state index >= 15 is 0 Å². The average Bonchev–Trinajstić information content (AvgIpc) is 2.10. The Balaban J connectivity index is 3.70. The van der Waals surface area contributed by atoms with E-state index in [4.69, 9.17) is 0 Å². The first-order chi connectivity index (χ1) is 7.20. The lowest BCUT2D eigenvalue weighted by Crippen LogP contribution is -2.39. The van der Waals surface area contributed by atoms with E-state index in [1.54, 1.807) is 0 Å². The lowest BCUT2D eigenvalue weighted by atomic mass is 10.1. The van der Waals surface area contributed by atoms with Crippen LogP contribution in [0.1, 0.15) is 20.8 Å². The minimum absolute atomic E-state index is 0.172. The fourth-order valence-corrected chi connectivity index (χ4v) is 1.28. The van der Waals surface area contributed by atoms with Crippen LogP contribution < -0.4 is 5.32 Å². The Kier molecular flexibility index (Phi) is 6.88. The van der Waals surface area contributed by atoms with Gasteiger partial charge in [0.25, 0.3) is 0 Å². The van der Waals surface area contributed by atoms with E-state index in [1.165, 1.54) is 5.57 Å². The number of hydrogen-bond donors (Lipinski definition) is 1. The Bertz CT molecular complexity index is 204. The second-order valence-electron chi connectivity index (χ2n) is 5.89. The summed E-state index contributed by atoms with van der Waals surface area (Å²) in [5.74, 6) is 0. The normalized spacial score (nSPS) is 12.5. The molecule has 0 saturated heterocycles. The van der Waals surface area contributed by atoms with Gasteiger partial charge in [-0.15, -0.1) is 0 Å². The number of likely N-dealkylation sites (N-methyl/N-ethyl adjacent to an activating group) is 2. The van der Waals surface area contributed by atoms with Gasteiger partial charge in [0.1, 0.15) is 0 Å². The smallest absolute Gasteiger partial charge is 0.0200 e. The van der Waals surface area contributed by atoms with E-state index in [2.05, 4.69) is 63.6 Å². The van der Waals surface area contributed by atoms with Crippen LogP contribution >= 0.6 is 0 Å². The third-order valence-corrected chi connectivity index (χ3v) is 2.29. The van der Waals surface area contributed by atoms with Crippen LogP contribution in [-0.2, 0) is 0 Å². The Labute approximate surface area is 101 Å². The zero-order valence-electron chi connectivity index (χ0n) is 11.9. The van der Waals surface area contributed by atoms with E-state index < -0.39 is 0 Å². The molecule has 0 fully saturated rings. The van der Waals surface area contributed by atoms with Crippen molar-refractivity contribution in [1.82, 2.24) is 15.1 Å². The minimum Gasteiger partial charge on any atom is -0.308 e. The molecule has 0 saturated carbocycles. The molecule has 0 rings (SSSR count). The Morgan fingerprint density at radius 2 is 1.69 bits per heavy atom. The highest BCUT2D eigenvalue weighted by Crippen LogP contribution is 2.01. The van der Waals surface area contributed by atoms with Crippen molar-refractivity contribution in [3.63, 3.8) is 0 Å². The SMILES string of the molecule is C=C(CNC(C)(C)C)CN(C)CCN(C)C. The van der Waals surface area contributed by atoms with Crippen LogP contribution in [0.5, 0.6) is 0 Å². The van der Waals surface area contributed by atoms with Gasteiger partial charge in [0, 0.05) is 31.7 Å². The highest BCUT2D eigenvalue weighted by atomic mass is 15.1. The van der Waals surface area contributed by atoms with Crippen LogP contribution in [0.25, 0.3) is 0 Å². The van der Waals surface area contributed by atoms with Gasteiger partial charge in [0.05, 0.1) is 0 Å². The van der Waals surface area contributed by atoms with Crippen molar-refractivity contribution in [2.24, 2.45) is 0 Å². The number of nitrogens with one attached hydrogen (secondary N) is 1. The zero-order chi connectivity index (χ0) is 12.8. The van der Waals surface area contributed by atoms with Gasteiger partial charge in [-0.25, -0.2) is 0 Å². The van der Waals surface area contributed by atoms with Crippen LogP contribution in [0.15, 0.2) is 12.2 Å². The van der Waals surface area contributed by atoms with E-state index in [0.717, 1.165) is 26.2 Å². The van der Waals surface area contributed by atoms with Crippen molar-refractivity contribution in [1.29, 1.82) is 0 Å². The first-order valence-electron chi connectivity index (χ1n) is 5.95. The van der Waals surface area contributed by atoms with Crippen LogP contribution in [-0.4, -0.2) is 62.7 Å². The molecule has 0 heterocycles. The maximum Gasteiger partial charge on any atom is 0.0200 e. The van der Waals surface area contributed by atoms with Gasteiger partial charge in [-0.05, 0) is 47.5 Å². The summed E-state index contributed by atoms with van der Waals surface area (Å²) in [7, 11) is 6.35. The third kappa shape index (κ3) is 10.1. The van der Waals surface area contributed by atoms with E-state index in [-0.39, 0.29) is 5.54 Å². The monoisotopic (exact) mass is 227 g/mol. The maximum absolute atomic E-state index is 4.11. The van der Waals surface area contributed by atoms with E-state index in [9.17, 15) is 0 Å². The summed E-state index contributed by atoms with van der Waals surface area (Å²) in [6.07, 6.45) is 0. The number of rotatable bonds is 7. The summed E-state index contributed by atoms with van der Waals surface area (Å²) in [6, 6.07) is 0. The molecule has 0 aliphatic heterocycles. The van der Waals surface area contributed by atoms with Crippen molar-refractivity contribution in [2.75, 3.05) is 47.3 Å². The largest absolute Gasteiger partial charge is 0.308 e. The summed E-state index contributed by atoms with van der Waals surface area (Å²) >= 11 is 0. The molecule has 3 nitrogen and oxygen atoms in total. The molecule has 0 aliphatic carbocycles. The fraction of sp³-hybridized carbons (Fsp3) is 0.846. The molecule has 0 unspecified atom stereocenters. The van der Waals surface area contributed by atoms with Crippen molar-refractivity contribution in [2.45, 2.75) is 26.3 Å². The quantitative estimate of drug-likeness (QED) is 0.664. The van der Waals surface area contributed by atoms with Gasteiger partial charge in [-0.1, -0.05) is 6.58 Å². The lowest BCUT2D eigenvalue weighted by Gasteiger charge is -2.24. The molecule has 3 heteroatoms. The Morgan fingerprint density at radius 1 is 1.12 bits per heavy atom. The molecular formula is C13H29N3. The fourth-order valence-electron chi connectivity index (χ4n) is 1.28. The van der Waals surface area contributed by atoms with Gasteiger partial charge in [0.15, 0.2) is 0 Å². The van der Waals surface area contributed by atoms with Crippen LogP contribution in [0.2, 0.25) is 0 Å². The van der Waals surface area contributed by atoms with Gasteiger partial charge in [0.2, 0.25) is 0 Å². The number of nitrogens with zero attached hydrogens (tertiary/aromatic N) is 2. The average molecular weight is 227 g/mol. The van der Waals surface area contributed by atoms with Crippen LogP contribution in [0, 0.1) is 0 Å². The Morgan fingerprint density at radius 3 is 2.12 bits per heavy atom. The standard InChI is InChI=1S/C13H29N3/c1-12(10-14-13(2,3)4)11-16(7)9-8-15(5)6/h14H,1,8-11H2,2-7H3. The lowest BCUT2D eigenvalue weighted by molar-refractivity contribution is 0.295. The molecule has 96 valence electrons. The highest BCUT2D eigenvalue weighted by molar-refractivity contribution is 5.00. The zero-order valence-corrected chi connectivity index (χ0v) is 11.9. The number of hydrogen-bond acceptors (Lipinski definition) is 3. The van der Waals surface area contributed by atoms with Gasteiger partial charge >= 0.3 is 0 Å². The molecular weight excluding hydrogens is 198 g/mol. The second kappa shape index (κ2) is 7.05. The molecule has 0 spiro atoms. The molecule has 16 heavy (non-hydrogen) atoms. The minimum atomic E-state index is 0.172.